The van der Waals surface area contributed by atoms with Crippen LogP contribution < -0.4 is 10.9 Å². The van der Waals surface area contributed by atoms with Gasteiger partial charge in [-0.25, -0.2) is 10.2 Å². The summed E-state index contributed by atoms with van der Waals surface area (Å²) in [4.78, 5) is 25.5. The second-order valence-electron chi connectivity index (χ2n) is 3.59. The Morgan fingerprint density at radius 2 is 2.00 bits per heavy atom. The fraction of sp³-hybridized carbons (Fsp3) is 0.400. The van der Waals surface area contributed by atoms with Crippen LogP contribution in [0.3, 0.4) is 0 Å². The summed E-state index contributed by atoms with van der Waals surface area (Å²) >= 11 is 4.57. The summed E-state index contributed by atoms with van der Waals surface area (Å²) in [6.07, 6.45) is 0. The van der Waals surface area contributed by atoms with Crippen LogP contribution in [0.2, 0.25) is 0 Å². The van der Waals surface area contributed by atoms with E-state index in [1.54, 1.807) is 17.0 Å². The highest BCUT2D eigenvalue weighted by Crippen LogP contribution is 2.21. The number of hydrazine groups is 1. The Morgan fingerprint density at radius 1 is 1.28 bits per heavy atom. The van der Waals surface area contributed by atoms with Crippen molar-refractivity contribution < 1.29 is 14.3 Å². The van der Waals surface area contributed by atoms with E-state index >= 15 is 0 Å². The molecule has 6 nitrogen and oxygen atoms in total. The van der Waals surface area contributed by atoms with Gasteiger partial charge in [0.15, 0.2) is 0 Å². The van der Waals surface area contributed by atoms with Crippen molar-refractivity contribution in [1.82, 2.24) is 15.8 Å². The molecule has 1 saturated heterocycles. The minimum absolute atomic E-state index is 0.317. The average Bonchev–Trinajstić information content (AvgIpc) is 2.83. The second-order valence-corrected chi connectivity index (χ2v) is 6.05. The highest BCUT2D eigenvalue weighted by Gasteiger charge is 2.17. The number of ether oxygens (including phenoxy) is 1. The van der Waals surface area contributed by atoms with Crippen LogP contribution in [0.5, 0.6) is 0 Å². The molecular weight excluding hydrogens is 322 g/mol. The van der Waals surface area contributed by atoms with Gasteiger partial charge in [-0.3, -0.25) is 10.2 Å². The molecule has 0 spiro atoms. The molecule has 0 saturated carbocycles. The van der Waals surface area contributed by atoms with Gasteiger partial charge in [0.25, 0.3) is 5.91 Å². The zero-order valence-corrected chi connectivity index (χ0v) is 11.8. The molecule has 1 fully saturated rings. The van der Waals surface area contributed by atoms with Crippen molar-refractivity contribution in [2.45, 2.75) is 0 Å². The molecule has 0 aromatic carbocycles. The summed E-state index contributed by atoms with van der Waals surface area (Å²) in [5.74, 6) is -0.327. The van der Waals surface area contributed by atoms with Gasteiger partial charge in [0.05, 0.1) is 21.9 Å². The minimum atomic E-state index is -0.327. The lowest BCUT2D eigenvalue weighted by molar-refractivity contribution is 0.0519. The molecule has 2 N–H and O–H groups in total. The number of halogens is 1. The number of hydrogen-bond donors (Lipinski definition) is 2. The smallest absolute Gasteiger partial charge is 0.336 e. The molecule has 0 radical (unpaired) electrons. The van der Waals surface area contributed by atoms with Crippen molar-refractivity contribution in [1.29, 1.82) is 0 Å². The monoisotopic (exact) mass is 333 g/mol. The maximum absolute atomic E-state index is 11.7. The van der Waals surface area contributed by atoms with E-state index in [-0.39, 0.29) is 11.9 Å². The minimum Gasteiger partial charge on any atom is -0.378 e. The summed E-state index contributed by atoms with van der Waals surface area (Å²) in [7, 11) is 0. The van der Waals surface area contributed by atoms with Crippen molar-refractivity contribution >= 4 is 39.2 Å². The molecule has 1 aliphatic rings. The van der Waals surface area contributed by atoms with Crippen LogP contribution in [0.1, 0.15) is 9.67 Å². The Hall–Kier alpha value is -1.12. The SMILES string of the molecule is O=C(NNC(=O)N1CCOCC1)c1ccc(Br)s1. The third-order valence-corrected chi connectivity index (χ3v) is 4.00. The molecule has 0 bridgehead atoms. The lowest BCUT2D eigenvalue weighted by atomic mass is 10.4. The number of nitrogens with zero attached hydrogens (tertiary/aromatic N) is 1. The number of thiophene rings is 1. The van der Waals surface area contributed by atoms with E-state index in [9.17, 15) is 9.59 Å². The van der Waals surface area contributed by atoms with Gasteiger partial charge in [0.1, 0.15) is 0 Å². The number of rotatable bonds is 1. The van der Waals surface area contributed by atoms with Gasteiger partial charge in [-0.05, 0) is 28.1 Å². The van der Waals surface area contributed by atoms with Crippen LogP contribution in [0.25, 0.3) is 0 Å². The number of nitrogens with one attached hydrogen (secondary N) is 2. The number of carbonyl (C=O) groups is 2. The van der Waals surface area contributed by atoms with Crippen molar-refractivity contribution in [2.75, 3.05) is 26.3 Å². The summed E-state index contributed by atoms with van der Waals surface area (Å²) in [6.45, 7) is 2.12. The Labute approximate surface area is 116 Å². The van der Waals surface area contributed by atoms with Gasteiger partial charge in [-0.1, -0.05) is 0 Å². The standard InChI is InChI=1S/C10H12BrN3O3S/c11-8-2-1-7(18-8)9(15)12-13-10(16)14-3-5-17-6-4-14/h1-2H,3-6H2,(H,12,15)(H,13,16). The maximum atomic E-state index is 11.7. The summed E-state index contributed by atoms with van der Waals surface area (Å²) in [5, 5.41) is 0. The van der Waals surface area contributed by atoms with E-state index in [0.29, 0.717) is 31.2 Å². The third kappa shape index (κ3) is 3.44. The van der Waals surface area contributed by atoms with E-state index < -0.39 is 0 Å². The quantitative estimate of drug-likeness (QED) is 0.758. The number of hydrogen-bond acceptors (Lipinski definition) is 4. The van der Waals surface area contributed by atoms with Gasteiger partial charge in [0, 0.05) is 13.1 Å². The van der Waals surface area contributed by atoms with Crippen LogP contribution in [0, 0.1) is 0 Å². The van der Waals surface area contributed by atoms with E-state index in [4.69, 9.17) is 4.74 Å². The van der Waals surface area contributed by atoms with Gasteiger partial charge >= 0.3 is 6.03 Å². The first kappa shape index (κ1) is 13.3. The molecular formula is C10H12BrN3O3S. The Kier molecular flexibility index (Phi) is 4.56. The lowest BCUT2D eigenvalue weighted by Crippen LogP contribution is -2.51. The molecule has 98 valence electrons. The van der Waals surface area contributed by atoms with Crippen LogP contribution >= 0.6 is 27.3 Å². The largest absolute Gasteiger partial charge is 0.378 e. The Balaban J connectivity index is 1.80. The van der Waals surface area contributed by atoms with E-state index in [2.05, 4.69) is 26.8 Å². The predicted molar refractivity (Wildman–Crippen MR) is 70.4 cm³/mol. The number of morpholine rings is 1. The van der Waals surface area contributed by atoms with Crippen molar-refractivity contribution in [3.8, 4) is 0 Å². The van der Waals surface area contributed by atoms with E-state index in [1.807, 2.05) is 0 Å². The zero-order chi connectivity index (χ0) is 13.0. The highest BCUT2D eigenvalue weighted by atomic mass is 79.9. The fourth-order valence-corrected chi connectivity index (χ4v) is 2.73. The normalized spacial score (nSPS) is 15.3. The first-order valence-corrected chi connectivity index (χ1v) is 6.96. The van der Waals surface area contributed by atoms with Crippen molar-refractivity contribution in [3.63, 3.8) is 0 Å². The molecule has 8 heteroatoms. The fourth-order valence-electron chi connectivity index (χ4n) is 1.45. The second kappa shape index (κ2) is 6.17. The summed E-state index contributed by atoms with van der Waals surface area (Å²) in [6, 6.07) is 3.15. The molecule has 2 rings (SSSR count). The third-order valence-electron chi connectivity index (χ3n) is 2.38. The number of amides is 3. The summed E-state index contributed by atoms with van der Waals surface area (Å²) < 4.78 is 6.00. The van der Waals surface area contributed by atoms with Crippen LogP contribution in [0.4, 0.5) is 4.79 Å². The Morgan fingerprint density at radius 3 is 2.61 bits per heavy atom. The topological polar surface area (TPSA) is 70.7 Å². The highest BCUT2D eigenvalue weighted by molar-refractivity contribution is 9.11. The van der Waals surface area contributed by atoms with Crippen LogP contribution in [-0.4, -0.2) is 43.1 Å². The van der Waals surface area contributed by atoms with Gasteiger partial charge < -0.3 is 9.64 Å². The van der Waals surface area contributed by atoms with Crippen molar-refractivity contribution in [3.05, 3.63) is 20.8 Å². The van der Waals surface area contributed by atoms with Crippen LogP contribution in [-0.2, 0) is 4.74 Å². The molecule has 0 atom stereocenters. The molecule has 0 aliphatic carbocycles. The zero-order valence-electron chi connectivity index (χ0n) is 9.44. The van der Waals surface area contributed by atoms with E-state index in [1.165, 1.54) is 11.3 Å². The molecule has 18 heavy (non-hydrogen) atoms. The molecule has 2 heterocycles. The molecule has 1 aromatic heterocycles. The first-order valence-electron chi connectivity index (χ1n) is 5.35. The Bertz CT molecular complexity index is 445. The first-order chi connectivity index (χ1) is 8.66. The molecule has 1 aromatic rings. The average molecular weight is 334 g/mol. The van der Waals surface area contributed by atoms with E-state index in [0.717, 1.165) is 3.79 Å². The lowest BCUT2D eigenvalue weighted by Gasteiger charge is -2.26. The number of urea groups is 1. The number of carbonyl (C=O) groups excluding carboxylic acids is 2. The summed E-state index contributed by atoms with van der Waals surface area (Å²) in [5.41, 5.74) is 4.76. The van der Waals surface area contributed by atoms with Gasteiger partial charge in [-0.15, -0.1) is 11.3 Å². The van der Waals surface area contributed by atoms with Gasteiger partial charge in [0.2, 0.25) is 0 Å². The van der Waals surface area contributed by atoms with Gasteiger partial charge in [-0.2, -0.15) is 0 Å². The molecule has 0 unspecified atom stereocenters. The van der Waals surface area contributed by atoms with Crippen molar-refractivity contribution in [2.24, 2.45) is 0 Å². The molecule has 3 amide bonds. The predicted octanol–water partition coefficient (Wildman–Crippen LogP) is 1.20. The van der Waals surface area contributed by atoms with Crippen LogP contribution in [0.15, 0.2) is 15.9 Å². The maximum Gasteiger partial charge on any atom is 0.336 e. The molecule has 1 aliphatic heterocycles.